The van der Waals surface area contributed by atoms with Crippen molar-refractivity contribution in [3.63, 3.8) is 0 Å². The highest BCUT2D eigenvalue weighted by atomic mass is 79.9. The Balaban J connectivity index is 1.65. The number of benzene rings is 3. The fourth-order valence-corrected chi connectivity index (χ4v) is 6.58. The lowest BCUT2D eigenvalue weighted by atomic mass is 9.95. The van der Waals surface area contributed by atoms with Crippen LogP contribution >= 0.6 is 15.9 Å². The highest BCUT2D eigenvalue weighted by Crippen LogP contribution is 2.26. The summed E-state index contributed by atoms with van der Waals surface area (Å²) in [4.78, 5) is 28.9. The van der Waals surface area contributed by atoms with Gasteiger partial charge in [0.25, 0.3) is 10.0 Å². The number of sulfonamides is 1. The number of hydrogen-bond acceptors (Lipinski definition) is 4. The molecule has 1 saturated carbocycles. The molecule has 1 aliphatic rings. The molecule has 3 aromatic rings. The van der Waals surface area contributed by atoms with Gasteiger partial charge in [-0.25, -0.2) is 8.42 Å². The van der Waals surface area contributed by atoms with E-state index < -0.39 is 28.5 Å². The van der Waals surface area contributed by atoms with Crippen molar-refractivity contribution < 1.29 is 18.0 Å². The van der Waals surface area contributed by atoms with Crippen molar-refractivity contribution in [3.8, 4) is 0 Å². The van der Waals surface area contributed by atoms with Gasteiger partial charge in [-0.05, 0) is 68.7 Å². The van der Waals surface area contributed by atoms with Crippen molar-refractivity contribution in [2.24, 2.45) is 0 Å². The third-order valence-corrected chi connectivity index (χ3v) is 9.63. The number of aryl methyl sites for hydroxylation is 1. The van der Waals surface area contributed by atoms with Crippen LogP contribution in [0, 0.1) is 6.92 Å². The molecule has 2 amide bonds. The molecule has 7 nitrogen and oxygen atoms in total. The zero-order valence-corrected chi connectivity index (χ0v) is 25.3. The first-order valence-electron chi connectivity index (χ1n) is 13.6. The molecule has 0 radical (unpaired) electrons. The standard InChI is InChI=1S/C31H36BrN3O4S/c1-23-13-19-29(20-14-23)40(38,39)35(28-17-15-26(32)16-18-28)22-30(36)34(21-25-9-5-3-6-10-25)24(2)31(37)33-27-11-7-4-8-12-27/h3,5-6,9-10,13-20,24,27H,4,7-8,11-12,21-22H2,1-2H3,(H,33,37)/t24-/m1/s1. The number of halogens is 1. The Morgan fingerprint density at radius 3 is 2.17 bits per heavy atom. The Kier molecular flexibility index (Phi) is 10.0. The summed E-state index contributed by atoms with van der Waals surface area (Å²) >= 11 is 3.40. The van der Waals surface area contributed by atoms with Crippen LogP contribution in [-0.2, 0) is 26.2 Å². The van der Waals surface area contributed by atoms with Gasteiger partial charge in [0.05, 0.1) is 10.6 Å². The van der Waals surface area contributed by atoms with E-state index in [4.69, 9.17) is 0 Å². The number of rotatable bonds is 10. The van der Waals surface area contributed by atoms with Gasteiger partial charge in [-0.1, -0.05) is 83.2 Å². The quantitative estimate of drug-likeness (QED) is 0.308. The van der Waals surface area contributed by atoms with Crippen molar-refractivity contribution >= 4 is 43.5 Å². The number of carbonyl (C=O) groups excluding carboxylic acids is 2. The number of carbonyl (C=O) groups is 2. The first-order chi connectivity index (χ1) is 19.1. The summed E-state index contributed by atoms with van der Waals surface area (Å²) < 4.78 is 29.7. The summed E-state index contributed by atoms with van der Waals surface area (Å²) in [7, 11) is -4.08. The molecule has 0 aliphatic heterocycles. The van der Waals surface area contributed by atoms with Crippen LogP contribution in [0.15, 0.2) is 88.2 Å². The van der Waals surface area contributed by atoms with Gasteiger partial charge in [-0.2, -0.15) is 0 Å². The average molecular weight is 627 g/mol. The molecule has 0 bridgehead atoms. The predicted octanol–water partition coefficient (Wildman–Crippen LogP) is 5.82. The van der Waals surface area contributed by atoms with Gasteiger partial charge in [0.2, 0.25) is 11.8 Å². The number of amides is 2. The molecule has 4 rings (SSSR count). The van der Waals surface area contributed by atoms with Gasteiger partial charge in [-0.3, -0.25) is 13.9 Å². The molecule has 0 unspecified atom stereocenters. The Hall–Kier alpha value is -3.17. The van der Waals surface area contributed by atoms with Gasteiger partial charge in [-0.15, -0.1) is 0 Å². The molecule has 0 heterocycles. The maximum atomic E-state index is 14.0. The van der Waals surface area contributed by atoms with E-state index in [1.807, 2.05) is 37.3 Å². The first-order valence-corrected chi connectivity index (χ1v) is 15.9. The second-order valence-corrected chi connectivity index (χ2v) is 13.1. The smallest absolute Gasteiger partial charge is 0.264 e. The molecule has 1 N–H and O–H groups in total. The Morgan fingerprint density at radius 2 is 1.55 bits per heavy atom. The second-order valence-electron chi connectivity index (χ2n) is 10.3. The molecule has 0 aromatic heterocycles. The van der Waals surface area contributed by atoms with Gasteiger partial charge in [0, 0.05) is 17.1 Å². The monoisotopic (exact) mass is 625 g/mol. The highest BCUT2D eigenvalue weighted by molar-refractivity contribution is 9.10. The molecular weight excluding hydrogens is 590 g/mol. The van der Waals surface area contributed by atoms with Crippen molar-refractivity contribution in [2.45, 2.75) is 69.5 Å². The van der Waals surface area contributed by atoms with Crippen LogP contribution in [0.4, 0.5) is 5.69 Å². The molecule has 0 spiro atoms. The van der Waals surface area contributed by atoms with E-state index in [0.29, 0.717) is 5.69 Å². The molecule has 1 fully saturated rings. The van der Waals surface area contributed by atoms with Crippen LogP contribution in [0.2, 0.25) is 0 Å². The summed E-state index contributed by atoms with van der Waals surface area (Å²) in [5.74, 6) is -0.693. The van der Waals surface area contributed by atoms with E-state index in [2.05, 4.69) is 21.2 Å². The lowest BCUT2D eigenvalue weighted by Crippen LogP contribution is -2.53. The van der Waals surface area contributed by atoms with Gasteiger partial charge in [0.1, 0.15) is 12.6 Å². The van der Waals surface area contributed by atoms with Crippen LogP contribution in [0.3, 0.4) is 0 Å². The first kappa shape index (κ1) is 29.8. The van der Waals surface area contributed by atoms with Crippen molar-refractivity contribution in [1.29, 1.82) is 0 Å². The highest BCUT2D eigenvalue weighted by Gasteiger charge is 2.33. The molecule has 9 heteroatoms. The van der Waals surface area contributed by atoms with Crippen LogP contribution in [-0.4, -0.2) is 43.8 Å². The van der Waals surface area contributed by atoms with Gasteiger partial charge < -0.3 is 10.2 Å². The van der Waals surface area contributed by atoms with Crippen molar-refractivity contribution in [3.05, 3.63) is 94.5 Å². The number of nitrogens with zero attached hydrogens (tertiary/aromatic N) is 2. The number of nitrogens with one attached hydrogen (secondary N) is 1. The minimum atomic E-state index is -4.08. The van der Waals surface area contributed by atoms with Gasteiger partial charge >= 0.3 is 0 Å². The fourth-order valence-electron chi connectivity index (χ4n) is 4.91. The fraction of sp³-hybridized carbons (Fsp3) is 0.355. The maximum Gasteiger partial charge on any atom is 0.264 e. The zero-order chi connectivity index (χ0) is 28.7. The van der Waals surface area contributed by atoms with Crippen LogP contribution < -0.4 is 9.62 Å². The SMILES string of the molecule is Cc1ccc(S(=O)(=O)N(CC(=O)N(Cc2ccccc2)[C@H](C)C(=O)NC2CCCCC2)c2ccc(Br)cc2)cc1. The lowest BCUT2D eigenvalue weighted by molar-refractivity contribution is -0.139. The molecule has 1 atom stereocenters. The molecule has 1 aliphatic carbocycles. The topological polar surface area (TPSA) is 86.8 Å². The Morgan fingerprint density at radius 1 is 0.925 bits per heavy atom. The van der Waals surface area contributed by atoms with E-state index >= 15 is 0 Å². The second kappa shape index (κ2) is 13.5. The van der Waals surface area contributed by atoms with Crippen molar-refractivity contribution in [2.75, 3.05) is 10.8 Å². The van der Waals surface area contributed by atoms with E-state index in [-0.39, 0.29) is 23.4 Å². The number of hydrogen-bond donors (Lipinski definition) is 1. The Labute approximate surface area is 245 Å². The Bertz CT molecular complexity index is 1390. The third kappa shape index (κ3) is 7.52. The van der Waals surface area contributed by atoms with E-state index in [1.54, 1.807) is 55.5 Å². The summed E-state index contributed by atoms with van der Waals surface area (Å²) in [5.41, 5.74) is 2.14. The summed E-state index contributed by atoms with van der Waals surface area (Å²) in [6.07, 6.45) is 5.17. The molecule has 40 heavy (non-hydrogen) atoms. The van der Waals surface area contributed by atoms with E-state index in [0.717, 1.165) is 45.6 Å². The molecule has 3 aromatic carbocycles. The van der Waals surface area contributed by atoms with E-state index in [9.17, 15) is 18.0 Å². The average Bonchev–Trinajstić information content (AvgIpc) is 2.96. The summed E-state index contributed by atoms with van der Waals surface area (Å²) in [6, 6.07) is 22.1. The normalized spacial score (nSPS) is 14.8. The van der Waals surface area contributed by atoms with Crippen molar-refractivity contribution in [1.82, 2.24) is 10.2 Å². The van der Waals surface area contributed by atoms with Gasteiger partial charge in [0.15, 0.2) is 0 Å². The number of anilines is 1. The maximum absolute atomic E-state index is 14.0. The predicted molar refractivity (Wildman–Crippen MR) is 161 cm³/mol. The third-order valence-electron chi connectivity index (χ3n) is 7.32. The lowest BCUT2D eigenvalue weighted by Gasteiger charge is -2.33. The van der Waals surface area contributed by atoms with Crippen LogP contribution in [0.25, 0.3) is 0 Å². The van der Waals surface area contributed by atoms with Crippen LogP contribution in [0.1, 0.15) is 50.2 Å². The molecular formula is C31H36BrN3O4S. The minimum Gasteiger partial charge on any atom is -0.352 e. The summed E-state index contributed by atoms with van der Waals surface area (Å²) in [5, 5.41) is 3.12. The molecule has 0 saturated heterocycles. The van der Waals surface area contributed by atoms with Crippen LogP contribution in [0.5, 0.6) is 0 Å². The molecule has 212 valence electrons. The minimum absolute atomic E-state index is 0.0894. The summed E-state index contributed by atoms with van der Waals surface area (Å²) in [6.45, 7) is 3.31. The van der Waals surface area contributed by atoms with E-state index in [1.165, 1.54) is 11.3 Å². The largest absolute Gasteiger partial charge is 0.352 e. The zero-order valence-electron chi connectivity index (χ0n) is 22.9.